The Morgan fingerprint density at radius 2 is 2.29 bits per heavy atom. The Kier molecular flexibility index (Phi) is 4.86. The molecule has 80 valence electrons. The fraction of sp³-hybridized carbons (Fsp3) is 0.556. The Morgan fingerprint density at radius 3 is 2.71 bits per heavy atom. The van der Waals surface area contributed by atoms with E-state index in [0.29, 0.717) is 18.8 Å². The van der Waals surface area contributed by atoms with E-state index in [1.807, 2.05) is 0 Å². The summed E-state index contributed by atoms with van der Waals surface area (Å²) < 4.78 is 0. The highest BCUT2D eigenvalue weighted by Crippen LogP contribution is 2.01. The van der Waals surface area contributed by atoms with Gasteiger partial charge in [0.1, 0.15) is 5.54 Å². The molecule has 5 nitrogen and oxygen atoms in total. The molecule has 0 aromatic carbocycles. The standard InChI is InChI=1S/C9H17N3O2/c1-7(10)12-6-4-3-5-9(2,11)8(13)14/h3,5H,4,6,11H2,1-2H3,(H2,10,12)(H,13,14)/b5-3+/t9-/m0/s1. The number of aliphatic carboxylic acids is 1. The largest absolute Gasteiger partial charge is 0.480 e. The minimum atomic E-state index is -1.31. The molecule has 0 aliphatic carbocycles. The third-order valence-corrected chi connectivity index (χ3v) is 1.63. The summed E-state index contributed by atoms with van der Waals surface area (Å²) in [5, 5.41) is 18.5. The van der Waals surface area contributed by atoms with Gasteiger partial charge in [-0.15, -0.1) is 0 Å². The third-order valence-electron chi connectivity index (χ3n) is 1.63. The predicted molar refractivity (Wildman–Crippen MR) is 55.4 cm³/mol. The van der Waals surface area contributed by atoms with Crippen molar-refractivity contribution in [1.82, 2.24) is 5.32 Å². The summed E-state index contributed by atoms with van der Waals surface area (Å²) in [6.07, 6.45) is 3.80. The minimum Gasteiger partial charge on any atom is -0.480 e. The first-order valence-electron chi connectivity index (χ1n) is 4.35. The van der Waals surface area contributed by atoms with Crippen LogP contribution < -0.4 is 11.1 Å². The molecule has 0 aromatic rings. The molecule has 0 spiro atoms. The van der Waals surface area contributed by atoms with Gasteiger partial charge in [0.05, 0.1) is 5.84 Å². The van der Waals surface area contributed by atoms with E-state index >= 15 is 0 Å². The molecule has 0 rings (SSSR count). The van der Waals surface area contributed by atoms with Crippen LogP contribution in [0.25, 0.3) is 0 Å². The second-order valence-corrected chi connectivity index (χ2v) is 3.33. The third kappa shape index (κ3) is 5.31. The van der Waals surface area contributed by atoms with Gasteiger partial charge in [-0.1, -0.05) is 12.2 Å². The number of hydrogen-bond acceptors (Lipinski definition) is 3. The monoisotopic (exact) mass is 199 g/mol. The lowest BCUT2D eigenvalue weighted by molar-refractivity contribution is -0.140. The van der Waals surface area contributed by atoms with Crippen LogP contribution in [0.4, 0.5) is 0 Å². The van der Waals surface area contributed by atoms with Crippen molar-refractivity contribution in [2.45, 2.75) is 25.8 Å². The molecule has 0 bridgehead atoms. The fourth-order valence-electron chi connectivity index (χ4n) is 0.742. The summed E-state index contributed by atoms with van der Waals surface area (Å²) in [5.41, 5.74) is 4.15. The number of nitrogens with one attached hydrogen (secondary N) is 2. The predicted octanol–water partition coefficient (Wildman–Crippen LogP) is 0.321. The van der Waals surface area contributed by atoms with E-state index in [9.17, 15) is 4.79 Å². The van der Waals surface area contributed by atoms with Crippen molar-refractivity contribution in [3.63, 3.8) is 0 Å². The lowest BCUT2D eigenvalue weighted by Gasteiger charge is -2.13. The molecule has 0 aliphatic rings. The lowest BCUT2D eigenvalue weighted by Crippen LogP contribution is -2.42. The van der Waals surface area contributed by atoms with Crippen LogP contribution in [-0.2, 0) is 4.79 Å². The molecule has 0 aromatic heterocycles. The van der Waals surface area contributed by atoms with Gasteiger partial charge in [0.25, 0.3) is 0 Å². The molecular weight excluding hydrogens is 182 g/mol. The van der Waals surface area contributed by atoms with E-state index in [4.69, 9.17) is 16.2 Å². The van der Waals surface area contributed by atoms with Crippen molar-refractivity contribution in [2.24, 2.45) is 5.73 Å². The number of amidine groups is 1. The highest BCUT2D eigenvalue weighted by Gasteiger charge is 2.23. The highest BCUT2D eigenvalue weighted by atomic mass is 16.4. The van der Waals surface area contributed by atoms with E-state index in [1.54, 1.807) is 13.0 Å². The van der Waals surface area contributed by atoms with Gasteiger partial charge in [-0.25, -0.2) is 4.79 Å². The number of carboxylic acid groups (broad SMARTS) is 1. The maximum atomic E-state index is 10.6. The number of hydrogen-bond donors (Lipinski definition) is 4. The van der Waals surface area contributed by atoms with Crippen molar-refractivity contribution < 1.29 is 9.90 Å². The van der Waals surface area contributed by atoms with Crippen molar-refractivity contribution >= 4 is 11.8 Å². The average molecular weight is 199 g/mol. The molecule has 14 heavy (non-hydrogen) atoms. The second-order valence-electron chi connectivity index (χ2n) is 3.33. The van der Waals surface area contributed by atoms with Gasteiger partial charge in [-0.3, -0.25) is 5.41 Å². The van der Waals surface area contributed by atoms with Crippen LogP contribution in [0.1, 0.15) is 20.3 Å². The molecule has 0 amide bonds. The van der Waals surface area contributed by atoms with Gasteiger partial charge in [0.15, 0.2) is 0 Å². The van der Waals surface area contributed by atoms with Gasteiger partial charge in [-0.2, -0.15) is 0 Å². The second kappa shape index (κ2) is 5.39. The first-order valence-corrected chi connectivity index (χ1v) is 4.35. The molecule has 0 radical (unpaired) electrons. The summed E-state index contributed by atoms with van der Waals surface area (Å²) in [7, 11) is 0. The Hall–Kier alpha value is -1.36. The van der Waals surface area contributed by atoms with Crippen LogP contribution in [0.3, 0.4) is 0 Å². The first-order chi connectivity index (χ1) is 6.36. The van der Waals surface area contributed by atoms with E-state index in [2.05, 4.69) is 5.32 Å². The van der Waals surface area contributed by atoms with E-state index in [-0.39, 0.29) is 0 Å². The molecule has 0 heterocycles. The first kappa shape index (κ1) is 12.6. The number of rotatable bonds is 5. The molecule has 1 atom stereocenters. The number of carboxylic acids is 1. The van der Waals surface area contributed by atoms with Crippen LogP contribution in [0, 0.1) is 5.41 Å². The molecule has 0 fully saturated rings. The molecular formula is C9H17N3O2. The quantitative estimate of drug-likeness (QED) is 0.222. The molecule has 0 unspecified atom stereocenters. The van der Waals surface area contributed by atoms with Crippen molar-refractivity contribution in [3.05, 3.63) is 12.2 Å². The van der Waals surface area contributed by atoms with Crippen molar-refractivity contribution in [2.75, 3.05) is 6.54 Å². The molecule has 5 heteroatoms. The molecule has 5 N–H and O–H groups in total. The van der Waals surface area contributed by atoms with Crippen LogP contribution in [0.15, 0.2) is 12.2 Å². The van der Waals surface area contributed by atoms with E-state index < -0.39 is 11.5 Å². The van der Waals surface area contributed by atoms with E-state index in [0.717, 1.165) is 0 Å². The normalized spacial score (nSPS) is 15.1. The van der Waals surface area contributed by atoms with Crippen molar-refractivity contribution in [1.29, 1.82) is 5.41 Å². The summed E-state index contributed by atoms with van der Waals surface area (Å²) in [6, 6.07) is 0. The van der Waals surface area contributed by atoms with Crippen LogP contribution >= 0.6 is 0 Å². The number of nitrogens with two attached hydrogens (primary N) is 1. The van der Waals surface area contributed by atoms with Gasteiger partial charge in [-0.05, 0) is 20.3 Å². The smallest absolute Gasteiger partial charge is 0.327 e. The Morgan fingerprint density at radius 1 is 1.71 bits per heavy atom. The van der Waals surface area contributed by atoms with Crippen LogP contribution in [0.2, 0.25) is 0 Å². The van der Waals surface area contributed by atoms with E-state index in [1.165, 1.54) is 13.0 Å². The Bertz CT molecular complexity index is 246. The minimum absolute atomic E-state index is 0.396. The summed E-state index contributed by atoms with van der Waals surface area (Å²) in [4.78, 5) is 10.6. The highest BCUT2D eigenvalue weighted by molar-refractivity contribution is 5.80. The zero-order chi connectivity index (χ0) is 11.2. The summed E-state index contributed by atoms with van der Waals surface area (Å²) >= 11 is 0. The van der Waals surface area contributed by atoms with Gasteiger partial charge in [0.2, 0.25) is 0 Å². The van der Waals surface area contributed by atoms with Gasteiger partial charge in [0, 0.05) is 6.54 Å². The summed E-state index contributed by atoms with van der Waals surface area (Å²) in [5.74, 6) is -0.655. The molecule has 0 aliphatic heterocycles. The zero-order valence-corrected chi connectivity index (χ0v) is 8.50. The zero-order valence-electron chi connectivity index (χ0n) is 8.50. The van der Waals surface area contributed by atoms with Crippen LogP contribution in [0.5, 0.6) is 0 Å². The topological polar surface area (TPSA) is 99.2 Å². The molecule has 0 saturated carbocycles. The maximum absolute atomic E-state index is 10.6. The van der Waals surface area contributed by atoms with Crippen molar-refractivity contribution in [3.8, 4) is 0 Å². The summed E-state index contributed by atoms with van der Waals surface area (Å²) in [6.45, 7) is 3.69. The SMILES string of the molecule is CC(=N)NCC/C=C/[C@](C)(N)C(=O)O. The Labute approximate surface area is 83.5 Å². The average Bonchev–Trinajstić information content (AvgIpc) is 2.02. The van der Waals surface area contributed by atoms with Gasteiger partial charge < -0.3 is 16.2 Å². The van der Waals surface area contributed by atoms with Gasteiger partial charge >= 0.3 is 5.97 Å². The molecule has 0 saturated heterocycles. The fourth-order valence-corrected chi connectivity index (χ4v) is 0.742. The maximum Gasteiger partial charge on any atom is 0.327 e. The Balaban J connectivity index is 3.83. The number of carbonyl (C=O) groups is 1. The van der Waals surface area contributed by atoms with Crippen LogP contribution in [-0.4, -0.2) is 29.0 Å². The lowest BCUT2D eigenvalue weighted by atomic mass is 10.0.